The zero-order chi connectivity index (χ0) is 11.5. The lowest BCUT2D eigenvalue weighted by Gasteiger charge is -1.91. The Balaban J connectivity index is 0.00000120. The molecule has 0 bridgehead atoms. The lowest BCUT2D eigenvalue weighted by atomic mass is 10.3. The maximum Gasteiger partial charge on any atom is 0.200 e. The summed E-state index contributed by atoms with van der Waals surface area (Å²) in [6, 6.07) is 7.33. The van der Waals surface area contributed by atoms with Gasteiger partial charge in [0.05, 0.1) is 0 Å². The van der Waals surface area contributed by atoms with Gasteiger partial charge in [-0.25, -0.2) is 15.0 Å². The van der Waals surface area contributed by atoms with E-state index < -0.39 is 0 Å². The van der Waals surface area contributed by atoms with E-state index >= 15 is 0 Å². The number of H-pyrrole nitrogens is 1. The molecule has 3 aromatic heterocycles. The number of nitrogens with one attached hydrogen (secondary N) is 1. The molecule has 0 atom stereocenters. The molecule has 7 heteroatoms. The van der Waals surface area contributed by atoms with E-state index in [4.69, 9.17) is 0 Å². The average molecular weight is 261 g/mol. The van der Waals surface area contributed by atoms with E-state index in [1.54, 1.807) is 24.7 Å². The van der Waals surface area contributed by atoms with Crippen LogP contribution in [0.3, 0.4) is 0 Å². The fourth-order valence-corrected chi connectivity index (χ4v) is 1.39. The second kappa shape index (κ2) is 5.33. The molecule has 0 amide bonds. The van der Waals surface area contributed by atoms with E-state index in [2.05, 4.69) is 30.1 Å². The molecule has 0 aromatic carbocycles. The standard InChI is InChI=1S/C11H8N6.ClH/c1-2-5-12-8(4-1)9-15-11(17-16-9)10-13-6-3-7-14-10;/h1-7H,(H,15,16,17);1H. The van der Waals surface area contributed by atoms with E-state index in [-0.39, 0.29) is 12.4 Å². The minimum atomic E-state index is 0. The smallest absolute Gasteiger partial charge is 0.200 e. The zero-order valence-electron chi connectivity index (χ0n) is 9.19. The molecule has 0 aliphatic rings. The number of hydrogen-bond donors (Lipinski definition) is 1. The van der Waals surface area contributed by atoms with Crippen LogP contribution in [0, 0.1) is 0 Å². The average Bonchev–Trinajstić information content (AvgIpc) is 2.90. The molecule has 0 saturated carbocycles. The first-order valence-corrected chi connectivity index (χ1v) is 5.05. The zero-order valence-corrected chi connectivity index (χ0v) is 10.0. The number of nitrogens with zero attached hydrogens (tertiary/aromatic N) is 5. The predicted octanol–water partition coefficient (Wildman–Crippen LogP) is 1.75. The molecule has 0 aliphatic heterocycles. The molecular weight excluding hydrogens is 252 g/mol. The number of halogens is 1. The summed E-state index contributed by atoms with van der Waals surface area (Å²) in [5.41, 5.74) is 0.714. The minimum Gasteiger partial charge on any atom is -0.256 e. The molecule has 3 rings (SSSR count). The molecule has 0 radical (unpaired) electrons. The summed E-state index contributed by atoms with van der Waals surface area (Å²) < 4.78 is 0. The molecule has 0 unspecified atom stereocenters. The van der Waals surface area contributed by atoms with Crippen molar-refractivity contribution in [3.8, 4) is 23.2 Å². The summed E-state index contributed by atoms with van der Waals surface area (Å²) >= 11 is 0. The normalized spacial score (nSPS) is 9.78. The molecular formula is C11H9ClN6. The van der Waals surface area contributed by atoms with Crippen LogP contribution in [0.5, 0.6) is 0 Å². The first-order chi connectivity index (χ1) is 8.43. The van der Waals surface area contributed by atoms with Crippen molar-refractivity contribution in [1.82, 2.24) is 30.1 Å². The van der Waals surface area contributed by atoms with Crippen molar-refractivity contribution in [3.63, 3.8) is 0 Å². The summed E-state index contributed by atoms with van der Waals surface area (Å²) in [6.07, 6.45) is 5.01. The van der Waals surface area contributed by atoms with Crippen LogP contribution < -0.4 is 0 Å². The Morgan fingerprint density at radius 1 is 0.833 bits per heavy atom. The quantitative estimate of drug-likeness (QED) is 0.759. The fourth-order valence-electron chi connectivity index (χ4n) is 1.39. The Kier molecular flexibility index (Phi) is 3.59. The summed E-state index contributed by atoms with van der Waals surface area (Å²) in [5.74, 6) is 1.58. The Labute approximate surface area is 109 Å². The Morgan fingerprint density at radius 3 is 2.33 bits per heavy atom. The molecule has 0 fully saturated rings. The highest BCUT2D eigenvalue weighted by molar-refractivity contribution is 5.85. The van der Waals surface area contributed by atoms with Crippen molar-refractivity contribution < 1.29 is 0 Å². The molecule has 0 saturated heterocycles. The number of rotatable bonds is 2. The van der Waals surface area contributed by atoms with Crippen LogP contribution in [-0.2, 0) is 0 Å². The number of pyridine rings is 1. The van der Waals surface area contributed by atoms with Crippen LogP contribution in [0.4, 0.5) is 0 Å². The van der Waals surface area contributed by atoms with Crippen LogP contribution in [-0.4, -0.2) is 30.1 Å². The van der Waals surface area contributed by atoms with Gasteiger partial charge in [0.15, 0.2) is 17.5 Å². The monoisotopic (exact) mass is 260 g/mol. The SMILES string of the molecule is Cl.c1ccc(-c2n[nH]c(-c3ncccn3)n2)nc1. The van der Waals surface area contributed by atoms with Crippen molar-refractivity contribution in [3.05, 3.63) is 42.9 Å². The highest BCUT2D eigenvalue weighted by Gasteiger charge is 2.09. The van der Waals surface area contributed by atoms with Gasteiger partial charge in [0.1, 0.15) is 5.69 Å². The summed E-state index contributed by atoms with van der Waals surface area (Å²) in [4.78, 5) is 16.6. The van der Waals surface area contributed by atoms with Crippen LogP contribution in [0.25, 0.3) is 23.2 Å². The molecule has 18 heavy (non-hydrogen) atoms. The Hall–Kier alpha value is -2.34. The highest BCUT2D eigenvalue weighted by Crippen LogP contribution is 2.14. The van der Waals surface area contributed by atoms with Gasteiger partial charge in [-0.05, 0) is 18.2 Å². The second-order valence-electron chi connectivity index (χ2n) is 3.29. The molecule has 0 aliphatic carbocycles. The van der Waals surface area contributed by atoms with E-state index in [1.807, 2.05) is 18.2 Å². The lowest BCUT2D eigenvalue weighted by molar-refractivity contribution is 1.06. The fraction of sp³-hybridized carbons (Fsp3) is 0. The highest BCUT2D eigenvalue weighted by atomic mass is 35.5. The van der Waals surface area contributed by atoms with Crippen molar-refractivity contribution in [2.24, 2.45) is 0 Å². The topological polar surface area (TPSA) is 80.2 Å². The van der Waals surface area contributed by atoms with Crippen LogP contribution in [0.1, 0.15) is 0 Å². The van der Waals surface area contributed by atoms with Crippen LogP contribution in [0.15, 0.2) is 42.9 Å². The van der Waals surface area contributed by atoms with Crippen molar-refractivity contribution in [2.75, 3.05) is 0 Å². The molecule has 1 N–H and O–H groups in total. The first kappa shape index (κ1) is 12.1. The van der Waals surface area contributed by atoms with Gasteiger partial charge in [-0.2, -0.15) is 5.10 Å². The second-order valence-corrected chi connectivity index (χ2v) is 3.29. The van der Waals surface area contributed by atoms with Crippen molar-refractivity contribution in [2.45, 2.75) is 0 Å². The third-order valence-electron chi connectivity index (χ3n) is 2.16. The van der Waals surface area contributed by atoms with E-state index in [0.29, 0.717) is 23.2 Å². The molecule has 3 aromatic rings. The molecule has 90 valence electrons. The largest absolute Gasteiger partial charge is 0.256 e. The number of aromatic nitrogens is 6. The van der Waals surface area contributed by atoms with Gasteiger partial charge >= 0.3 is 0 Å². The maximum atomic E-state index is 4.30. The van der Waals surface area contributed by atoms with Gasteiger partial charge in [-0.1, -0.05) is 6.07 Å². The van der Waals surface area contributed by atoms with Crippen LogP contribution in [0.2, 0.25) is 0 Å². The van der Waals surface area contributed by atoms with E-state index in [0.717, 1.165) is 0 Å². The minimum absolute atomic E-state index is 0. The molecule has 6 nitrogen and oxygen atoms in total. The maximum absolute atomic E-state index is 4.30. The molecule has 3 heterocycles. The number of hydrogen-bond acceptors (Lipinski definition) is 5. The predicted molar refractivity (Wildman–Crippen MR) is 67.9 cm³/mol. The van der Waals surface area contributed by atoms with Crippen LogP contribution >= 0.6 is 12.4 Å². The first-order valence-electron chi connectivity index (χ1n) is 5.05. The van der Waals surface area contributed by atoms with Gasteiger partial charge in [-0.15, -0.1) is 12.4 Å². The van der Waals surface area contributed by atoms with Crippen molar-refractivity contribution >= 4 is 12.4 Å². The van der Waals surface area contributed by atoms with Gasteiger partial charge in [0.25, 0.3) is 0 Å². The van der Waals surface area contributed by atoms with Crippen molar-refractivity contribution in [1.29, 1.82) is 0 Å². The van der Waals surface area contributed by atoms with E-state index in [1.165, 1.54) is 0 Å². The van der Waals surface area contributed by atoms with E-state index in [9.17, 15) is 0 Å². The Bertz CT molecular complexity index is 556. The third kappa shape index (κ3) is 2.33. The Morgan fingerprint density at radius 2 is 1.61 bits per heavy atom. The van der Waals surface area contributed by atoms with Gasteiger partial charge in [-0.3, -0.25) is 10.1 Å². The summed E-state index contributed by atoms with van der Waals surface area (Å²) in [5, 5.41) is 6.88. The van der Waals surface area contributed by atoms with Gasteiger partial charge in [0.2, 0.25) is 0 Å². The summed E-state index contributed by atoms with van der Waals surface area (Å²) in [6.45, 7) is 0. The molecule has 0 spiro atoms. The van der Waals surface area contributed by atoms with Gasteiger partial charge in [0, 0.05) is 18.6 Å². The third-order valence-corrected chi connectivity index (χ3v) is 2.16. The lowest BCUT2D eigenvalue weighted by Crippen LogP contribution is -1.88. The number of aromatic amines is 1. The van der Waals surface area contributed by atoms with Gasteiger partial charge < -0.3 is 0 Å². The summed E-state index contributed by atoms with van der Waals surface area (Å²) in [7, 11) is 0.